The van der Waals surface area contributed by atoms with E-state index in [4.69, 9.17) is 9.47 Å². The molecule has 0 aliphatic rings. The summed E-state index contributed by atoms with van der Waals surface area (Å²) < 4.78 is 37.2. The molecule has 0 aliphatic carbocycles. The Labute approximate surface area is 192 Å². The second-order valence-electron chi connectivity index (χ2n) is 7.00. The summed E-state index contributed by atoms with van der Waals surface area (Å²) in [5.41, 5.74) is 1.84. The average Bonchev–Trinajstić information content (AvgIpc) is 2.83. The van der Waals surface area contributed by atoms with Gasteiger partial charge in [0.25, 0.3) is 5.91 Å². The Balaban J connectivity index is 1.86. The van der Waals surface area contributed by atoms with Crippen molar-refractivity contribution < 1.29 is 27.8 Å². The van der Waals surface area contributed by atoms with Crippen molar-refractivity contribution in [3.8, 4) is 17.2 Å². The fourth-order valence-corrected chi connectivity index (χ4v) is 3.83. The van der Waals surface area contributed by atoms with Gasteiger partial charge in [0.15, 0.2) is 11.5 Å². The van der Waals surface area contributed by atoms with Crippen molar-refractivity contribution in [3.63, 3.8) is 0 Å². The van der Waals surface area contributed by atoms with E-state index in [0.717, 1.165) is 5.56 Å². The second-order valence-corrected chi connectivity index (χ2v) is 8.88. The van der Waals surface area contributed by atoms with Crippen LogP contribution in [0.4, 0.5) is 11.4 Å². The number of methoxy groups -OCH3 is 2. The molecule has 0 spiro atoms. The third kappa shape index (κ3) is 5.93. The molecular weight excluding hydrogens is 446 g/mol. The van der Waals surface area contributed by atoms with Gasteiger partial charge in [-0.2, -0.15) is 0 Å². The van der Waals surface area contributed by atoms with Gasteiger partial charge in [-0.3, -0.25) is 4.79 Å². The van der Waals surface area contributed by atoms with Gasteiger partial charge in [0.05, 0.1) is 19.1 Å². The molecule has 0 unspecified atom stereocenters. The number of rotatable bonds is 9. The number of anilines is 2. The number of nitrogens with one attached hydrogen (secondary N) is 3. The lowest BCUT2D eigenvalue weighted by Crippen LogP contribution is -2.20. The van der Waals surface area contributed by atoms with Crippen LogP contribution in [0, 0.1) is 0 Å². The van der Waals surface area contributed by atoms with Crippen molar-refractivity contribution in [2.45, 2.75) is 11.4 Å². The number of amides is 1. The molecule has 0 fully saturated rings. The largest absolute Gasteiger partial charge is 0.504 e. The van der Waals surface area contributed by atoms with Gasteiger partial charge in [0, 0.05) is 23.5 Å². The van der Waals surface area contributed by atoms with Crippen LogP contribution < -0.4 is 24.8 Å². The minimum Gasteiger partial charge on any atom is -0.504 e. The molecule has 0 aromatic heterocycles. The van der Waals surface area contributed by atoms with Crippen molar-refractivity contribution in [1.29, 1.82) is 0 Å². The number of sulfonamides is 1. The normalized spacial score (nSPS) is 11.0. The predicted molar refractivity (Wildman–Crippen MR) is 126 cm³/mol. The molecule has 9 nitrogen and oxygen atoms in total. The summed E-state index contributed by atoms with van der Waals surface area (Å²) in [7, 11) is 0.500. The van der Waals surface area contributed by atoms with Gasteiger partial charge in [-0.25, -0.2) is 13.1 Å². The molecule has 0 saturated heterocycles. The van der Waals surface area contributed by atoms with Crippen LogP contribution in [0.1, 0.15) is 15.9 Å². The van der Waals surface area contributed by atoms with Crippen LogP contribution in [0.5, 0.6) is 17.2 Å². The van der Waals surface area contributed by atoms with Gasteiger partial charge < -0.3 is 25.2 Å². The predicted octanol–water partition coefficient (Wildman–Crippen LogP) is 3.18. The third-order valence-corrected chi connectivity index (χ3v) is 6.23. The summed E-state index contributed by atoms with van der Waals surface area (Å²) in [6.07, 6.45) is 0. The number of carbonyl (C=O) groups excluding carboxylic acids is 1. The highest BCUT2D eigenvalue weighted by atomic mass is 32.2. The molecular formula is C23H25N3O6S. The molecule has 174 valence electrons. The van der Waals surface area contributed by atoms with E-state index < -0.39 is 15.9 Å². The van der Waals surface area contributed by atoms with Gasteiger partial charge >= 0.3 is 0 Å². The molecule has 0 aliphatic heterocycles. The van der Waals surface area contributed by atoms with E-state index in [0.29, 0.717) is 22.9 Å². The number of phenolic OH excluding ortho intramolecular Hbond substituents is 1. The van der Waals surface area contributed by atoms with Gasteiger partial charge in [-0.1, -0.05) is 6.07 Å². The smallest absolute Gasteiger partial charge is 0.255 e. The maximum absolute atomic E-state index is 12.8. The number of ether oxygens (including phenoxy) is 2. The van der Waals surface area contributed by atoms with Gasteiger partial charge in [0.2, 0.25) is 10.0 Å². The summed E-state index contributed by atoms with van der Waals surface area (Å²) in [6.45, 7) is 0.278. The SMILES string of the molecule is CNS(=O)(=O)c1cc(NCc2ccc(OC)c(O)c2)cc(C(=O)Nc2ccc(OC)cc2)c1. The van der Waals surface area contributed by atoms with Crippen LogP contribution in [-0.4, -0.2) is 40.7 Å². The topological polar surface area (TPSA) is 126 Å². The van der Waals surface area contributed by atoms with Gasteiger partial charge in [0.1, 0.15) is 5.75 Å². The van der Waals surface area contributed by atoms with E-state index in [2.05, 4.69) is 15.4 Å². The summed E-state index contributed by atoms with van der Waals surface area (Å²) in [5.74, 6) is 0.505. The molecule has 0 radical (unpaired) electrons. The zero-order valence-corrected chi connectivity index (χ0v) is 19.2. The maximum atomic E-state index is 12.8. The molecule has 4 N–H and O–H groups in total. The highest BCUT2D eigenvalue weighted by molar-refractivity contribution is 7.89. The third-order valence-electron chi connectivity index (χ3n) is 4.84. The van der Waals surface area contributed by atoms with Crippen molar-refractivity contribution in [1.82, 2.24) is 4.72 Å². The van der Waals surface area contributed by atoms with E-state index in [1.54, 1.807) is 49.6 Å². The molecule has 1 amide bonds. The number of carbonyl (C=O) groups is 1. The standard InChI is InChI=1S/C23H25N3O6S/c1-24-33(29,30)20-12-16(23(28)26-17-5-7-19(31-2)8-6-17)11-18(13-20)25-14-15-4-9-22(32-3)21(27)10-15/h4-13,24-25,27H,14H2,1-3H3,(H,26,28). The van der Waals surface area contributed by atoms with Crippen LogP contribution in [0.25, 0.3) is 0 Å². The lowest BCUT2D eigenvalue weighted by Gasteiger charge is -2.13. The summed E-state index contributed by atoms with van der Waals surface area (Å²) in [6, 6.07) is 16.0. The fraction of sp³-hybridized carbons (Fsp3) is 0.174. The van der Waals surface area contributed by atoms with Crippen LogP contribution in [0.3, 0.4) is 0 Å². The first-order valence-corrected chi connectivity index (χ1v) is 11.4. The number of aromatic hydroxyl groups is 1. The molecule has 3 rings (SSSR count). The zero-order valence-electron chi connectivity index (χ0n) is 18.4. The highest BCUT2D eigenvalue weighted by Gasteiger charge is 2.17. The van der Waals surface area contributed by atoms with Crippen LogP contribution >= 0.6 is 0 Å². The highest BCUT2D eigenvalue weighted by Crippen LogP contribution is 2.27. The minimum atomic E-state index is -3.80. The first-order chi connectivity index (χ1) is 15.7. The summed E-state index contributed by atoms with van der Waals surface area (Å²) >= 11 is 0. The Hall–Kier alpha value is -3.76. The fourth-order valence-electron chi connectivity index (χ4n) is 3.03. The average molecular weight is 472 g/mol. The van der Waals surface area contributed by atoms with Crippen LogP contribution in [0.15, 0.2) is 65.6 Å². The Morgan fingerprint density at radius 1 is 0.939 bits per heavy atom. The number of hydrogen-bond acceptors (Lipinski definition) is 7. The Morgan fingerprint density at radius 2 is 1.67 bits per heavy atom. The number of phenols is 1. The molecule has 0 atom stereocenters. The summed E-state index contributed by atoms with van der Waals surface area (Å²) in [4.78, 5) is 12.8. The molecule has 10 heteroatoms. The van der Waals surface area contributed by atoms with Crippen molar-refractivity contribution in [3.05, 3.63) is 71.8 Å². The van der Waals surface area contributed by atoms with E-state index >= 15 is 0 Å². The van der Waals surface area contributed by atoms with E-state index in [9.17, 15) is 18.3 Å². The first kappa shape index (κ1) is 23.9. The second kappa shape index (κ2) is 10.2. The lowest BCUT2D eigenvalue weighted by atomic mass is 10.1. The Bertz CT molecular complexity index is 1240. The Morgan fingerprint density at radius 3 is 2.27 bits per heavy atom. The Kier molecular flexibility index (Phi) is 7.41. The molecule has 0 saturated carbocycles. The molecule has 3 aromatic carbocycles. The maximum Gasteiger partial charge on any atom is 0.255 e. The van der Waals surface area contributed by atoms with Gasteiger partial charge in [-0.15, -0.1) is 0 Å². The van der Waals surface area contributed by atoms with Crippen LogP contribution in [0.2, 0.25) is 0 Å². The van der Waals surface area contributed by atoms with Gasteiger partial charge in [-0.05, 0) is 67.2 Å². The molecule has 0 bridgehead atoms. The quantitative estimate of drug-likeness (QED) is 0.378. The van der Waals surface area contributed by atoms with Crippen molar-refractivity contribution >= 4 is 27.3 Å². The molecule has 33 heavy (non-hydrogen) atoms. The molecule has 3 aromatic rings. The molecule has 0 heterocycles. The van der Waals surface area contributed by atoms with E-state index in [1.807, 2.05) is 0 Å². The number of hydrogen-bond donors (Lipinski definition) is 4. The number of benzene rings is 3. The van der Waals surface area contributed by atoms with E-state index in [1.165, 1.54) is 32.4 Å². The summed E-state index contributed by atoms with van der Waals surface area (Å²) in [5, 5.41) is 15.8. The minimum absolute atomic E-state index is 0.0112. The van der Waals surface area contributed by atoms with Crippen molar-refractivity contribution in [2.24, 2.45) is 0 Å². The van der Waals surface area contributed by atoms with Crippen LogP contribution in [-0.2, 0) is 16.6 Å². The van der Waals surface area contributed by atoms with E-state index in [-0.39, 0.29) is 22.8 Å². The lowest BCUT2D eigenvalue weighted by molar-refractivity contribution is 0.102. The zero-order chi connectivity index (χ0) is 24.0. The van der Waals surface area contributed by atoms with Crippen molar-refractivity contribution in [2.75, 3.05) is 31.9 Å². The monoisotopic (exact) mass is 471 g/mol. The first-order valence-electron chi connectivity index (χ1n) is 9.89.